The largest absolute Gasteiger partial charge is 0.384 e. The zero-order chi connectivity index (χ0) is 13.2. The highest BCUT2D eigenvalue weighted by atomic mass is 15.1. The lowest BCUT2D eigenvalue weighted by molar-refractivity contribution is 0.578. The highest BCUT2D eigenvalue weighted by molar-refractivity contribution is 6.07. The lowest BCUT2D eigenvalue weighted by Gasteiger charge is -2.31. The molecular weight excluding hydrogens is 236 g/mol. The summed E-state index contributed by atoms with van der Waals surface area (Å²) in [5, 5.41) is 8.88. The van der Waals surface area contributed by atoms with Gasteiger partial charge in [-0.15, -0.1) is 0 Å². The van der Waals surface area contributed by atoms with E-state index in [0.29, 0.717) is 0 Å². The molecule has 1 aliphatic heterocycles. The van der Waals surface area contributed by atoms with E-state index in [-0.39, 0.29) is 5.84 Å². The van der Waals surface area contributed by atoms with Gasteiger partial charge in [0.2, 0.25) is 0 Å². The van der Waals surface area contributed by atoms with Crippen LogP contribution in [0.25, 0.3) is 10.9 Å². The number of nitrogen functional groups attached to an aromatic ring is 1. The Morgan fingerprint density at radius 3 is 2.63 bits per heavy atom. The van der Waals surface area contributed by atoms with Crippen LogP contribution in [0.5, 0.6) is 0 Å². The molecule has 2 aromatic rings. The molecule has 0 atom stereocenters. The van der Waals surface area contributed by atoms with Gasteiger partial charge in [0, 0.05) is 24.7 Å². The molecule has 3 rings (SSSR count). The minimum Gasteiger partial charge on any atom is -0.384 e. The van der Waals surface area contributed by atoms with Crippen LogP contribution in [0.3, 0.4) is 0 Å². The summed E-state index contributed by atoms with van der Waals surface area (Å²) >= 11 is 0. The van der Waals surface area contributed by atoms with Crippen LogP contribution in [0, 0.1) is 5.41 Å². The molecule has 1 fully saturated rings. The maximum Gasteiger partial charge on any atom is 0.126 e. The van der Waals surface area contributed by atoms with Crippen LogP contribution in [0.4, 0.5) is 5.69 Å². The summed E-state index contributed by atoms with van der Waals surface area (Å²) in [6, 6.07) is 8.08. The average Bonchev–Trinajstić information content (AvgIpc) is 2.46. The number of anilines is 1. The van der Waals surface area contributed by atoms with Gasteiger partial charge in [0.25, 0.3) is 0 Å². The molecule has 0 bridgehead atoms. The van der Waals surface area contributed by atoms with Crippen molar-refractivity contribution < 1.29 is 0 Å². The summed E-state index contributed by atoms with van der Waals surface area (Å²) < 4.78 is 0. The van der Waals surface area contributed by atoms with E-state index in [4.69, 9.17) is 11.1 Å². The van der Waals surface area contributed by atoms with Crippen molar-refractivity contribution in [2.24, 2.45) is 5.73 Å². The number of nitrogens with zero attached hydrogens (tertiary/aromatic N) is 2. The second-order valence-electron chi connectivity index (χ2n) is 5.00. The minimum absolute atomic E-state index is 0.0961. The van der Waals surface area contributed by atoms with Gasteiger partial charge < -0.3 is 10.6 Å². The van der Waals surface area contributed by atoms with E-state index in [9.17, 15) is 0 Å². The summed E-state index contributed by atoms with van der Waals surface area (Å²) in [6.07, 6.45) is 5.42. The summed E-state index contributed by atoms with van der Waals surface area (Å²) in [5.74, 6) is 0.0961. The topological polar surface area (TPSA) is 66.0 Å². The Hall–Kier alpha value is -2.10. The lowest BCUT2D eigenvalue weighted by atomic mass is 10.0. The van der Waals surface area contributed by atoms with Crippen LogP contribution in [0.1, 0.15) is 24.8 Å². The molecule has 0 spiro atoms. The number of nitrogens with one attached hydrogen (secondary N) is 1. The fourth-order valence-corrected chi connectivity index (χ4v) is 2.78. The molecule has 0 saturated carbocycles. The van der Waals surface area contributed by atoms with E-state index < -0.39 is 0 Å². The summed E-state index contributed by atoms with van der Waals surface area (Å²) in [4.78, 5) is 6.76. The van der Waals surface area contributed by atoms with Gasteiger partial charge >= 0.3 is 0 Å². The molecule has 1 aromatic carbocycles. The van der Waals surface area contributed by atoms with Crippen LogP contribution in [-0.4, -0.2) is 23.9 Å². The summed E-state index contributed by atoms with van der Waals surface area (Å²) in [5.41, 5.74) is 8.53. The molecule has 1 aromatic heterocycles. The Balaban J connectivity index is 2.21. The molecule has 0 unspecified atom stereocenters. The Bertz CT molecular complexity index is 615. The number of hydrogen-bond acceptors (Lipinski definition) is 3. The van der Waals surface area contributed by atoms with E-state index in [0.717, 1.165) is 35.2 Å². The Morgan fingerprint density at radius 2 is 1.89 bits per heavy atom. The van der Waals surface area contributed by atoms with Gasteiger partial charge in [-0.1, -0.05) is 18.2 Å². The Kier molecular flexibility index (Phi) is 3.07. The van der Waals surface area contributed by atoms with E-state index in [2.05, 4.69) is 16.0 Å². The van der Waals surface area contributed by atoms with Crippen molar-refractivity contribution in [3.05, 3.63) is 36.0 Å². The number of benzene rings is 1. The number of fused-ring (bicyclic) bond motifs is 1. The molecule has 0 radical (unpaired) electrons. The van der Waals surface area contributed by atoms with Crippen LogP contribution < -0.4 is 10.6 Å². The van der Waals surface area contributed by atoms with Crippen molar-refractivity contribution in [2.45, 2.75) is 19.3 Å². The first-order valence-corrected chi connectivity index (χ1v) is 6.74. The fraction of sp³-hybridized carbons (Fsp3) is 0.333. The second-order valence-corrected chi connectivity index (χ2v) is 5.00. The SMILES string of the molecule is N=C(N)c1cnc2ccccc2c1N1CCCCC1. The normalized spacial score (nSPS) is 15.7. The molecule has 0 aliphatic carbocycles. The Morgan fingerprint density at radius 1 is 1.16 bits per heavy atom. The molecule has 4 nitrogen and oxygen atoms in total. The van der Waals surface area contributed by atoms with Crippen molar-refractivity contribution in [3.8, 4) is 0 Å². The quantitative estimate of drug-likeness (QED) is 0.639. The third-order valence-corrected chi connectivity index (χ3v) is 3.71. The van der Waals surface area contributed by atoms with Gasteiger partial charge in [-0.05, 0) is 25.3 Å². The standard InChI is InChI=1S/C15H18N4/c16-15(17)12-10-18-13-7-3-2-6-11(13)14(12)19-8-4-1-5-9-19/h2-3,6-7,10H,1,4-5,8-9H2,(H3,16,17). The van der Waals surface area contributed by atoms with Crippen LogP contribution in [-0.2, 0) is 0 Å². The number of piperidine rings is 1. The Labute approximate surface area is 112 Å². The van der Waals surface area contributed by atoms with Crippen molar-refractivity contribution in [1.29, 1.82) is 5.41 Å². The number of para-hydroxylation sites is 1. The highest BCUT2D eigenvalue weighted by Gasteiger charge is 2.19. The van der Waals surface area contributed by atoms with Crippen molar-refractivity contribution in [2.75, 3.05) is 18.0 Å². The predicted octanol–water partition coefficient (Wildman–Crippen LogP) is 2.51. The molecule has 19 heavy (non-hydrogen) atoms. The van der Waals surface area contributed by atoms with E-state index >= 15 is 0 Å². The van der Waals surface area contributed by atoms with Gasteiger partial charge in [-0.3, -0.25) is 10.4 Å². The van der Waals surface area contributed by atoms with Gasteiger partial charge in [0.15, 0.2) is 0 Å². The zero-order valence-electron chi connectivity index (χ0n) is 10.9. The zero-order valence-corrected chi connectivity index (χ0v) is 10.9. The number of nitrogens with two attached hydrogens (primary N) is 1. The monoisotopic (exact) mass is 254 g/mol. The van der Waals surface area contributed by atoms with Crippen molar-refractivity contribution in [1.82, 2.24) is 4.98 Å². The maximum absolute atomic E-state index is 7.78. The van der Waals surface area contributed by atoms with Crippen molar-refractivity contribution >= 4 is 22.4 Å². The molecule has 1 saturated heterocycles. The predicted molar refractivity (Wildman–Crippen MR) is 78.8 cm³/mol. The first kappa shape index (κ1) is 12.0. The number of amidine groups is 1. The first-order chi connectivity index (χ1) is 9.27. The number of rotatable bonds is 2. The highest BCUT2D eigenvalue weighted by Crippen LogP contribution is 2.31. The fourth-order valence-electron chi connectivity index (χ4n) is 2.78. The number of hydrogen-bond donors (Lipinski definition) is 2. The number of aromatic nitrogens is 1. The number of pyridine rings is 1. The summed E-state index contributed by atoms with van der Waals surface area (Å²) in [6.45, 7) is 2.07. The first-order valence-electron chi connectivity index (χ1n) is 6.74. The minimum atomic E-state index is 0.0961. The van der Waals surface area contributed by atoms with Crippen molar-refractivity contribution in [3.63, 3.8) is 0 Å². The molecule has 4 heteroatoms. The van der Waals surface area contributed by atoms with Crippen LogP contribution >= 0.6 is 0 Å². The third kappa shape index (κ3) is 2.14. The average molecular weight is 254 g/mol. The van der Waals surface area contributed by atoms with Crippen LogP contribution in [0.2, 0.25) is 0 Å². The van der Waals surface area contributed by atoms with Gasteiger partial charge in [0.05, 0.1) is 16.8 Å². The maximum atomic E-state index is 7.78. The van der Waals surface area contributed by atoms with Gasteiger partial charge in [0.1, 0.15) is 5.84 Å². The lowest BCUT2D eigenvalue weighted by Crippen LogP contribution is -2.32. The molecular formula is C15H18N4. The van der Waals surface area contributed by atoms with Gasteiger partial charge in [-0.25, -0.2) is 0 Å². The molecule has 3 N–H and O–H groups in total. The molecule has 0 amide bonds. The molecule has 98 valence electrons. The van der Waals surface area contributed by atoms with E-state index in [1.165, 1.54) is 19.3 Å². The third-order valence-electron chi connectivity index (χ3n) is 3.71. The van der Waals surface area contributed by atoms with Crippen LogP contribution in [0.15, 0.2) is 30.5 Å². The summed E-state index contributed by atoms with van der Waals surface area (Å²) in [7, 11) is 0. The van der Waals surface area contributed by atoms with Gasteiger partial charge in [-0.2, -0.15) is 0 Å². The van der Waals surface area contributed by atoms with E-state index in [1.54, 1.807) is 6.20 Å². The second kappa shape index (κ2) is 4.88. The molecule has 2 heterocycles. The smallest absolute Gasteiger partial charge is 0.126 e. The van der Waals surface area contributed by atoms with E-state index in [1.807, 2.05) is 18.2 Å². The molecule has 1 aliphatic rings.